The van der Waals surface area contributed by atoms with Gasteiger partial charge in [-0.15, -0.1) is 11.3 Å². The molecule has 2 aliphatic rings. The van der Waals surface area contributed by atoms with Crippen molar-refractivity contribution >= 4 is 38.6 Å². The van der Waals surface area contributed by atoms with Gasteiger partial charge < -0.3 is 9.80 Å². The molecule has 1 amide bonds. The van der Waals surface area contributed by atoms with Crippen LogP contribution in [-0.4, -0.2) is 80.2 Å². The largest absolute Gasteiger partial charge is 0.367 e. The Kier molecular flexibility index (Phi) is 7.16. The number of nitrogens with zero attached hydrogens (tertiary/aromatic N) is 3. The highest BCUT2D eigenvalue weighted by molar-refractivity contribution is 7.91. The van der Waals surface area contributed by atoms with E-state index in [-0.39, 0.29) is 35.8 Å². The summed E-state index contributed by atoms with van der Waals surface area (Å²) in [6, 6.07) is 8.13. The third-order valence-corrected chi connectivity index (χ3v) is 8.91. The first-order chi connectivity index (χ1) is 15.7. The number of piperazine rings is 1. The molecule has 0 bridgehead atoms. The van der Waals surface area contributed by atoms with Crippen LogP contribution in [0.1, 0.15) is 28.6 Å². The van der Waals surface area contributed by atoms with Gasteiger partial charge in [-0.2, -0.15) is 0 Å². The fourth-order valence-corrected chi connectivity index (χ4v) is 6.86. The van der Waals surface area contributed by atoms with E-state index >= 15 is 0 Å². The molecule has 0 radical (unpaired) electrons. The van der Waals surface area contributed by atoms with Crippen LogP contribution in [0.2, 0.25) is 0 Å². The molecule has 2 aliphatic heterocycles. The number of ketones is 1. The molecule has 0 saturated carbocycles. The minimum Gasteiger partial charge on any atom is -0.367 e. The number of carbonyl (C=O) groups is 2. The van der Waals surface area contributed by atoms with Crippen molar-refractivity contribution in [2.45, 2.75) is 25.9 Å². The van der Waals surface area contributed by atoms with E-state index < -0.39 is 15.7 Å². The lowest BCUT2D eigenvalue weighted by molar-refractivity contribution is -0.135. The van der Waals surface area contributed by atoms with E-state index in [4.69, 9.17) is 0 Å². The molecule has 0 N–H and O–H groups in total. The molecule has 3 heterocycles. The van der Waals surface area contributed by atoms with E-state index in [2.05, 4.69) is 0 Å². The third kappa shape index (κ3) is 5.80. The summed E-state index contributed by atoms with van der Waals surface area (Å²) in [7, 11) is -3.10. The van der Waals surface area contributed by atoms with Crippen LogP contribution in [0.4, 0.5) is 10.1 Å². The number of hydrogen-bond donors (Lipinski definition) is 0. The van der Waals surface area contributed by atoms with E-state index in [0.29, 0.717) is 50.4 Å². The van der Waals surface area contributed by atoms with Crippen molar-refractivity contribution in [2.24, 2.45) is 0 Å². The molecule has 1 aromatic carbocycles. The van der Waals surface area contributed by atoms with E-state index in [1.54, 1.807) is 28.4 Å². The lowest BCUT2D eigenvalue weighted by Gasteiger charge is -2.37. The van der Waals surface area contributed by atoms with Crippen molar-refractivity contribution in [3.63, 3.8) is 0 Å². The Morgan fingerprint density at radius 1 is 1.18 bits per heavy atom. The molecule has 2 fully saturated rings. The summed E-state index contributed by atoms with van der Waals surface area (Å²) in [5.74, 6) is -0.523. The first kappa shape index (κ1) is 23.8. The third-order valence-electron chi connectivity index (χ3n) is 6.30. The monoisotopic (exact) mass is 493 g/mol. The van der Waals surface area contributed by atoms with Crippen LogP contribution in [0.5, 0.6) is 0 Å². The summed E-state index contributed by atoms with van der Waals surface area (Å²) < 4.78 is 38.5. The average Bonchev–Trinajstić information content (AvgIpc) is 3.41. The number of halogens is 1. The van der Waals surface area contributed by atoms with Crippen LogP contribution in [0.25, 0.3) is 0 Å². The number of hydrogen-bond acceptors (Lipinski definition) is 7. The van der Waals surface area contributed by atoms with Gasteiger partial charge in [-0.3, -0.25) is 14.5 Å². The van der Waals surface area contributed by atoms with E-state index in [1.807, 2.05) is 27.3 Å². The summed E-state index contributed by atoms with van der Waals surface area (Å²) in [6.07, 6.45) is 0.475. The van der Waals surface area contributed by atoms with Crippen LogP contribution in [0.3, 0.4) is 0 Å². The lowest BCUT2D eigenvalue weighted by Crippen LogP contribution is -2.51. The quantitative estimate of drug-likeness (QED) is 0.552. The second-order valence-corrected chi connectivity index (χ2v) is 11.9. The summed E-state index contributed by atoms with van der Waals surface area (Å²) >= 11 is 1.56. The molecule has 178 valence electrons. The SMILES string of the molecule is CC(=O)c1ccc(N2CCN(CC(=O)N(Cc3cccs3)[C@@H]3CCS(=O)(=O)C3)CC2)c(F)c1. The second-order valence-electron chi connectivity index (χ2n) is 8.64. The first-order valence-corrected chi connectivity index (χ1v) is 13.7. The highest BCUT2D eigenvalue weighted by atomic mass is 32.2. The molecule has 0 spiro atoms. The molecule has 1 atom stereocenters. The zero-order valence-electron chi connectivity index (χ0n) is 18.6. The zero-order valence-corrected chi connectivity index (χ0v) is 20.2. The van der Waals surface area contributed by atoms with Crippen LogP contribution in [-0.2, 0) is 21.2 Å². The second kappa shape index (κ2) is 9.90. The number of benzene rings is 1. The summed E-state index contributed by atoms with van der Waals surface area (Å²) in [6.45, 7) is 4.35. The first-order valence-electron chi connectivity index (χ1n) is 11.0. The van der Waals surface area contributed by atoms with Crippen LogP contribution < -0.4 is 4.90 Å². The highest BCUT2D eigenvalue weighted by Crippen LogP contribution is 2.24. The maximum Gasteiger partial charge on any atom is 0.237 e. The molecule has 4 rings (SSSR count). The Morgan fingerprint density at radius 2 is 1.94 bits per heavy atom. The Morgan fingerprint density at radius 3 is 2.52 bits per heavy atom. The van der Waals surface area contributed by atoms with Crippen molar-refractivity contribution in [3.8, 4) is 0 Å². The van der Waals surface area contributed by atoms with E-state index in [1.165, 1.54) is 13.0 Å². The number of amides is 1. The van der Waals surface area contributed by atoms with Crippen LogP contribution >= 0.6 is 11.3 Å². The van der Waals surface area contributed by atoms with Crippen molar-refractivity contribution in [2.75, 3.05) is 49.1 Å². The number of thiophene rings is 1. The van der Waals surface area contributed by atoms with Gasteiger partial charge in [0.1, 0.15) is 5.82 Å². The number of sulfone groups is 1. The van der Waals surface area contributed by atoms with Crippen molar-refractivity contribution in [3.05, 3.63) is 52.0 Å². The maximum atomic E-state index is 14.5. The molecule has 10 heteroatoms. The van der Waals surface area contributed by atoms with Crippen LogP contribution in [0.15, 0.2) is 35.7 Å². The lowest BCUT2D eigenvalue weighted by atomic mass is 10.1. The molecule has 1 aromatic heterocycles. The van der Waals surface area contributed by atoms with E-state index in [0.717, 1.165) is 4.88 Å². The fourth-order valence-electron chi connectivity index (χ4n) is 4.42. The molecule has 0 aliphatic carbocycles. The molecule has 33 heavy (non-hydrogen) atoms. The topological polar surface area (TPSA) is 78.0 Å². The van der Waals surface area contributed by atoms with Gasteiger partial charge in [-0.25, -0.2) is 12.8 Å². The van der Waals surface area contributed by atoms with Gasteiger partial charge >= 0.3 is 0 Å². The predicted molar refractivity (Wildman–Crippen MR) is 127 cm³/mol. The number of anilines is 1. The number of rotatable bonds is 7. The van der Waals surface area contributed by atoms with Crippen molar-refractivity contribution in [1.82, 2.24) is 9.80 Å². The minimum atomic E-state index is -3.10. The van der Waals surface area contributed by atoms with Gasteiger partial charge in [-0.05, 0) is 43.0 Å². The summed E-state index contributed by atoms with van der Waals surface area (Å²) in [5.41, 5.74) is 0.807. The average molecular weight is 494 g/mol. The Bertz CT molecular complexity index is 1110. The predicted octanol–water partition coefficient (Wildman–Crippen LogP) is 2.43. The normalized spacial score (nSPS) is 20.7. The number of carbonyl (C=O) groups excluding carboxylic acids is 2. The van der Waals surface area contributed by atoms with Gasteiger partial charge in [0.2, 0.25) is 5.91 Å². The Balaban J connectivity index is 1.38. The molecule has 0 unspecified atom stereocenters. The fraction of sp³-hybridized carbons (Fsp3) is 0.478. The van der Waals surface area contributed by atoms with Crippen molar-refractivity contribution in [1.29, 1.82) is 0 Å². The van der Waals surface area contributed by atoms with E-state index in [9.17, 15) is 22.4 Å². The zero-order chi connectivity index (χ0) is 23.6. The number of Topliss-reactive ketones (excluding diaryl/α,β-unsaturated/α-hetero) is 1. The van der Waals surface area contributed by atoms with Gasteiger partial charge in [-0.1, -0.05) is 6.07 Å². The molecule has 2 aromatic rings. The summed E-state index contributed by atoms with van der Waals surface area (Å²) in [5, 5.41) is 1.95. The van der Waals surface area contributed by atoms with Gasteiger partial charge in [0.25, 0.3) is 0 Å². The minimum absolute atomic E-state index is 0.0213. The maximum absolute atomic E-state index is 14.5. The standard InChI is InChI=1S/C23H28FN3O4S2/c1-17(28)18-4-5-22(21(24)13-18)26-9-7-25(8-10-26)15-23(29)27(14-20-3-2-11-32-20)19-6-12-33(30,31)16-19/h2-5,11,13,19H,6-10,12,14-16H2,1H3/t19-/m1/s1. The molecular weight excluding hydrogens is 465 g/mol. The molecule has 7 nitrogen and oxygen atoms in total. The Hall–Kier alpha value is -2.30. The highest BCUT2D eigenvalue weighted by Gasteiger charge is 2.35. The Labute approximate surface area is 197 Å². The van der Waals surface area contributed by atoms with Crippen molar-refractivity contribution < 1.29 is 22.4 Å². The van der Waals surface area contributed by atoms with Gasteiger partial charge in [0.05, 0.1) is 30.3 Å². The summed E-state index contributed by atoms with van der Waals surface area (Å²) in [4.78, 5) is 31.4. The van der Waals surface area contributed by atoms with Gasteiger partial charge in [0, 0.05) is 42.7 Å². The smallest absolute Gasteiger partial charge is 0.237 e. The molecule has 2 saturated heterocycles. The van der Waals surface area contributed by atoms with Crippen LogP contribution in [0, 0.1) is 5.82 Å². The molecular formula is C23H28FN3O4S2. The van der Waals surface area contributed by atoms with Gasteiger partial charge in [0.15, 0.2) is 15.6 Å².